The van der Waals surface area contributed by atoms with Gasteiger partial charge in [0, 0.05) is 6.04 Å². The molecule has 0 heterocycles. The lowest BCUT2D eigenvalue weighted by Crippen LogP contribution is -2.45. The molecule has 1 amide bonds. The van der Waals surface area contributed by atoms with Crippen LogP contribution in [0.5, 0.6) is 0 Å². The van der Waals surface area contributed by atoms with Crippen molar-refractivity contribution in [1.82, 2.24) is 10.6 Å². The van der Waals surface area contributed by atoms with E-state index in [0.29, 0.717) is 5.92 Å². The van der Waals surface area contributed by atoms with Gasteiger partial charge in [0.2, 0.25) is 5.91 Å². The topological polar surface area (TPSA) is 41.1 Å². The maximum atomic E-state index is 11.9. The molecule has 0 radical (unpaired) electrons. The fourth-order valence-electron chi connectivity index (χ4n) is 2.06. The van der Waals surface area contributed by atoms with Crippen LogP contribution in [-0.4, -0.2) is 24.5 Å². The molecule has 3 heteroatoms. The molecule has 0 bridgehead atoms. The van der Waals surface area contributed by atoms with Crippen molar-refractivity contribution in [3.05, 3.63) is 35.4 Å². The van der Waals surface area contributed by atoms with Gasteiger partial charge in [-0.1, -0.05) is 45.0 Å². The molecule has 0 saturated carbocycles. The molecule has 0 aromatic heterocycles. The smallest absolute Gasteiger partial charge is 0.237 e. The van der Waals surface area contributed by atoms with Gasteiger partial charge < -0.3 is 10.6 Å². The fraction of sp³-hybridized carbons (Fsp3) is 0.611. The van der Waals surface area contributed by atoms with Gasteiger partial charge in [-0.3, -0.25) is 4.79 Å². The quantitative estimate of drug-likeness (QED) is 0.771. The number of amides is 1. The highest BCUT2D eigenvalue weighted by atomic mass is 16.2. The van der Waals surface area contributed by atoms with Crippen molar-refractivity contribution < 1.29 is 4.79 Å². The first-order chi connectivity index (χ1) is 9.93. The summed E-state index contributed by atoms with van der Waals surface area (Å²) in [6.45, 7) is 11.2. The minimum atomic E-state index is -0.145. The third-order valence-corrected chi connectivity index (χ3v) is 3.90. The zero-order chi connectivity index (χ0) is 15.8. The molecule has 1 rings (SSSR count). The molecule has 0 fully saturated rings. The normalized spacial score (nSPS) is 14.0. The first-order valence-corrected chi connectivity index (χ1v) is 8.06. The fourth-order valence-corrected chi connectivity index (χ4v) is 2.06. The van der Waals surface area contributed by atoms with Crippen LogP contribution in [-0.2, 0) is 11.2 Å². The Labute approximate surface area is 129 Å². The third-order valence-electron chi connectivity index (χ3n) is 3.90. The molecule has 0 aliphatic heterocycles. The Morgan fingerprint density at radius 2 is 1.71 bits per heavy atom. The Morgan fingerprint density at radius 3 is 2.24 bits per heavy atom. The molecular weight excluding hydrogens is 260 g/mol. The van der Waals surface area contributed by atoms with E-state index in [9.17, 15) is 4.79 Å². The number of carbonyl (C=O) groups excluding carboxylic acids is 1. The van der Waals surface area contributed by atoms with Crippen LogP contribution < -0.4 is 10.6 Å². The summed E-state index contributed by atoms with van der Waals surface area (Å²) in [5, 5.41) is 6.28. The van der Waals surface area contributed by atoms with Gasteiger partial charge in [-0.05, 0) is 50.3 Å². The average Bonchev–Trinajstić information content (AvgIpc) is 2.47. The van der Waals surface area contributed by atoms with E-state index in [-0.39, 0.29) is 18.0 Å². The lowest BCUT2D eigenvalue weighted by Gasteiger charge is -2.17. The van der Waals surface area contributed by atoms with Gasteiger partial charge >= 0.3 is 0 Å². The highest BCUT2D eigenvalue weighted by Gasteiger charge is 2.13. The molecule has 0 aliphatic rings. The number of nitrogens with one attached hydrogen (secondary N) is 2. The summed E-state index contributed by atoms with van der Waals surface area (Å²) in [5.41, 5.74) is 2.68. The Kier molecular flexibility index (Phi) is 7.44. The third kappa shape index (κ3) is 6.30. The summed E-state index contributed by atoms with van der Waals surface area (Å²) in [6, 6.07) is 8.85. The summed E-state index contributed by atoms with van der Waals surface area (Å²) in [6.07, 6.45) is 1.90. The number of benzene rings is 1. The SMILES string of the molecule is CCC(C)NC(=O)C(C)NCCc1ccc(C(C)C)cc1. The molecule has 0 saturated heterocycles. The summed E-state index contributed by atoms with van der Waals surface area (Å²) >= 11 is 0. The molecule has 1 aromatic carbocycles. The first-order valence-electron chi connectivity index (χ1n) is 8.06. The van der Waals surface area contributed by atoms with Gasteiger partial charge in [-0.15, -0.1) is 0 Å². The van der Waals surface area contributed by atoms with E-state index in [1.165, 1.54) is 11.1 Å². The van der Waals surface area contributed by atoms with E-state index in [1.54, 1.807) is 0 Å². The van der Waals surface area contributed by atoms with Crippen molar-refractivity contribution in [2.24, 2.45) is 0 Å². The number of carbonyl (C=O) groups is 1. The maximum absolute atomic E-state index is 11.9. The summed E-state index contributed by atoms with van der Waals surface area (Å²) in [5.74, 6) is 0.654. The van der Waals surface area contributed by atoms with Crippen molar-refractivity contribution >= 4 is 5.91 Å². The highest BCUT2D eigenvalue weighted by molar-refractivity contribution is 5.81. The zero-order valence-corrected chi connectivity index (χ0v) is 14.1. The molecular formula is C18H30N2O. The average molecular weight is 290 g/mol. The minimum absolute atomic E-state index is 0.0829. The van der Waals surface area contributed by atoms with Crippen LogP contribution in [0.1, 0.15) is 58.1 Å². The summed E-state index contributed by atoms with van der Waals surface area (Å²) < 4.78 is 0. The highest BCUT2D eigenvalue weighted by Crippen LogP contribution is 2.14. The molecule has 21 heavy (non-hydrogen) atoms. The van der Waals surface area contributed by atoms with E-state index < -0.39 is 0 Å². The molecule has 3 nitrogen and oxygen atoms in total. The molecule has 0 aliphatic carbocycles. The summed E-state index contributed by atoms with van der Waals surface area (Å²) in [7, 11) is 0. The molecule has 2 unspecified atom stereocenters. The Balaban J connectivity index is 2.34. The second kappa shape index (κ2) is 8.83. The lowest BCUT2D eigenvalue weighted by molar-refractivity contribution is -0.123. The Hall–Kier alpha value is -1.35. The van der Waals surface area contributed by atoms with Crippen molar-refractivity contribution in [2.75, 3.05) is 6.54 Å². The van der Waals surface area contributed by atoms with Gasteiger partial charge in [0.25, 0.3) is 0 Å². The molecule has 2 N–H and O–H groups in total. The van der Waals surface area contributed by atoms with Crippen LogP contribution in [0.25, 0.3) is 0 Å². The van der Waals surface area contributed by atoms with Crippen molar-refractivity contribution in [3.63, 3.8) is 0 Å². The van der Waals surface area contributed by atoms with E-state index in [0.717, 1.165) is 19.4 Å². The predicted octanol–water partition coefficient (Wildman–Crippen LogP) is 3.25. The number of hydrogen-bond donors (Lipinski definition) is 2. The van der Waals surface area contributed by atoms with Crippen LogP contribution in [0.4, 0.5) is 0 Å². The van der Waals surface area contributed by atoms with Crippen LogP contribution in [0.15, 0.2) is 24.3 Å². The van der Waals surface area contributed by atoms with E-state index >= 15 is 0 Å². The molecule has 1 aromatic rings. The van der Waals surface area contributed by atoms with E-state index in [1.807, 2.05) is 13.8 Å². The second-order valence-corrected chi connectivity index (χ2v) is 6.14. The summed E-state index contributed by atoms with van der Waals surface area (Å²) in [4.78, 5) is 11.9. The molecule has 0 spiro atoms. The van der Waals surface area contributed by atoms with Crippen molar-refractivity contribution in [2.45, 2.75) is 65.5 Å². The van der Waals surface area contributed by atoms with Crippen LogP contribution in [0.2, 0.25) is 0 Å². The van der Waals surface area contributed by atoms with Gasteiger partial charge in [0.15, 0.2) is 0 Å². The van der Waals surface area contributed by atoms with Gasteiger partial charge in [-0.25, -0.2) is 0 Å². The second-order valence-electron chi connectivity index (χ2n) is 6.14. The zero-order valence-electron chi connectivity index (χ0n) is 14.1. The lowest BCUT2D eigenvalue weighted by atomic mass is 10.0. The van der Waals surface area contributed by atoms with E-state index in [4.69, 9.17) is 0 Å². The van der Waals surface area contributed by atoms with Crippen LogP contribution in [0.3, 0.4) is 0 Å². The Bertz CT molecular complexity index is 425. The molecule has 118 valence electrons. The Morgan fingerprint density at radius 1 is 1.10 bits per heavy atom. The van der Waals surface area contributed by atoms with Crippen molar-refractivity contribution in [1.29, 1.82) is 0 Å². The van der Waals surface area contributed by atoms with Crippen LogP contribution >= 0.6 is 0 Å². The van der Waals surface area contributed by atoms with Gasteiger partial charge in [0.05, 0.1) is 6.04 Å². The number of hydrogen-bond acceptors (Lipinski definition) is 2. The van der Waals surface area contributed by atoms with Crippen LogP contribution in [0, 0.1) is 0 Å². The predicted molar refractivity (Wildman–Crippen MR) is 89.6 cm³/mol. The first kappa shape index (κ1) is 17.7. The largest absolute Gasteiger partial charge is 0.352 e. The minimum Gasteiger partial charge on any atom is -0.352 e. The monoisotopic (exact) mass is 290 g/mol. The molecule has 2 atom stereocenters. The number of rotatable bonds is 8. The standard InChI is InChI=1S/C18H30N2O/c1-6-14(4)20-18(21)15(5)19-12-11-16-7-9-17(10-8-16)13(2)3/h7-10,13-15,19H,6,11-12H2,1-5H3,(H,20,21). The maximum Gasteiger partial charge on any atom is 0.237 e. The van der Waals surface area contributed by atoms with Crippen molar-refractivity contribution in [3.8, 4) is 0 Å². The van der Waals surface area contributed by atoms with Gasteiger partial charge in [0.1, 0.15) is 0 Å². The van der Waals surface area contributed by atoms with E-state index in [2.05, 4.69) is 55.7 Å². The van der Waals surface area contributed by atoms with Gasteiger partial charge in [-0.2, -0.15) is 0 Å².